The summed E-state index contributed by atoms with van der Waals surface area (Å²) in [6.07, 6.45) is 0. The van der Waals surface area contributed by atoms with Crippen LogP contribution in [0.4, 0.5) is 4.39 Å². The third-order valence-electron chi connectivity index (χ3n) is 1.56. The van der Waals surface area contributed by atoms with Gasteiger partial charge in [-0.15, -0.1) is 0 Å². The van der Waals surface area contributed by atoms with Crippen molar-refractivity contribution in [2.45, 2.75) is 4.90 Å². The Morgan fingerprint density at radius 1 is 1.33 bits per heavy atom. The van der Waals surface area contributed by atoms with Crippen LogP contribution in [0.1, 0.15) is 0 Å². The molecule has 0 atom stereocenters. The number of hydrogen-bond donors (Lipinski definition) is 2. The number of rotatable bonds is 3. The van der Waals surface area contributed by atoms with Gasteiger partial charge < -0.3 is 5.73 Å². The molecule has 0 aromatic heterocycles. The van der Waals surface area contributed by atoms with Crippen LogP contribution in [0.15, 0.2) is 29.2 Å². The van der Waals surface area contributed by atoms with E-state index in [2.05, 4.69) is 0 Å². The van der Waals surface area contributed by atoms with Crippen molar-refractivity contribution in [3.8, 4) is 0 Å². The van der Waals surface area contributed by atoms with E-state index in [1.54, 1.807) is 4.72 Å². The maximum atomic E-state index is 12.5. The smallest absolute Gasteiger partial charge is 0.264 e. The summed E-state index contributed by atoms with van der Waals surface area (Å²) < 4.78 is 37.0. The van der Waals surface area contributed by atoms with Gasteiger partial charge in [0.2, 0.25) is 5.91 Å². The molecule has 1 amide bonds. The lowest BCUT2D eigenvalue weighted by atomic mass is 10.4. The second-order valence-corrected chi connectivity index (χ2v) is 4.37. The van der Waals surface area contributed by atoms with Gasteiger partial charge in [-0.05, 0) is 24.3 Å². The Hall–Kier alpha value is -1.47. The van der Waals surface area contributed by atoms with Crippen molar-refractivity contribution in [3.05, 3.63) is 30.1 Å². The maximum absolute atomic E-state index is 12.5. The zero-order chi connectivity index (χ0) is 11.5. The Kier molecular flexibility index (Phi) is 3.38. The monoisotopic (exact) mass is 232 g/mol. The van der Waals surface area contributed by atoms with E-state index < -0.39 is 28.3 Å². The first-order valence-corrected chi connectivity index (χ1v) is 5.45. The molecule has 1 aromatic rings. The summed E-state index contributed by atoms with van der Waals surface area (Å²) in [5, 5.41) is 0. The SMILES string of the molecule is NCC(=O)NS(=O)(=O)c1ccc(F)cc1. The van der Waals surface area contributed by atoms with Gasteiger partial charge >= 0.3 is 0 Å². The minimum atomic E-state index is -3.93. The average molecular weight is 232 g/mol. The van der Waals surface area contributed by atoms with Crippen molar-refractivity contribution in [2.24, 2.45) is 5.73 Å². The van der Waals surface area contributed by atoms with Gasteiger partial charge in [0.05, 0.1) is 11.4 Å². The van der Waals surface area contributed by atoms with Crippen LogP contribution in [0.5, 0.6) is 0 Å². The highest BCUT2D eigenvalue weighted by atomic mass is 32.2. The number of amides is 1. The lowest BCUT2D eigenvalue weighted by molar-refractivity contribution is -0.118. The summed E-state index contributed by atoms with van der Waals surface area (Å²) in [6.45, 7) is -0.430. The minimum absolute atomic E-state index is 0.189. The van der Waals surface area contributed by atoms with Crippen LogP contribution in [-0.2, 0) is 14.8 Å². The molecule has 0 bridgehead atoms. The molecule has 0 saturated heterocycles. The molecule has 0 fully saturated rings. The minimum Gasteiger partial charge on any atom is -0.322 e. The van der Waals surface area contributed by atoms with E-state index in [0.29, 0.717) is 0 Å². The first kappa shape index (κ1) is 11.6. The normalized spacial score (nSPS) is 11.1. The summed E-state index contributed by atoms with van der Waals surface area (Å²) in [5.41, 5.74) is 4.94. The predicted molar refractivity (Wildman–Crippen MR) is 50.8 cm³/mol. The fourth-order valence-electron chi connectivity index (χ4n) is 0.864. The van der Waals surface area contributed by atoms with Crippen LogP contribution in [0.3, 0.4) is 0 Å². The van der Waals surface area contributed by atoms with Gasteiger partial charge in [0, 0.05) is 0 Å². The summed E-state index contributed by atoms with van der Waals surface area (Å²) in [5.74, 6) is -1.38. The molecule has 82 valence electrons. The van der Waals surface area contributed by atoms with Crippen molar-refractivity contribution in [2.75, 3.05) is 6.54 Å². The molecule has 5 nitrogen and oxygen atoms in total. The number of halogens is 1. The molecular weight excluding hydrogens is 223 g/mol. The van der Waals surface area contributed by atoms with E-state index in [-0.39, 0.29) is 4.90 Å². The Morgan fingerprint density at radius 2 is 1.87 bits per heavy atom. The van der Waals surface area contributed by atoms with Crippen LogP contribution in [-0.4, -0.2) is 20.9 Å². The Balaban J connectivity index is 2.96. The van der Waals surface area contributed by atoms with Crippen LogP contribution in [0.2, 0.25) is 0 Å². The Labute approximate surface area is 86.1 Å². The third-order valence-corrected chi connectivity index (χ3v) is 2.95. The molecule has 0 saturated carbocycles. The van der Waals surface area contributed by atoms with Gasteiger partial charge in [0.25, 0.3) is 10.0 Å². The number of benzene rings is 1. The van der Waals surface area contributed by atoms with E-state index in [0.717, 1.165) is 24.3 Å². The zero-order valence-electron chi connectivity index (χ0n) is 7.60. The first-order valence-electron chi connectivity index (χ1n) is 3.97. The Bertz CT molecular complexity index is 455. The lowest BCUT2D eigenvalue weighted by Crippen LogP contribution is -2.35. The molecule has 15 heavy (non-hydrogen) atoms. The molecule has 0 aliphatic carbocycles. The highest BCUT2D eigenvalue weighted by Crippen LogP contribution is 2.08. The number of nitrogens with one attached hydrogen (secondary N) is 1. The molecule has 3 N–H and O–H groups in total. The van der Waals surface area contributed by atoms with Crippen molar-refractivity contribution < 1.29 is 17.6 Å². The molecule has 0 spiro atoms. The molecule has 1 aromatic carbocycles. The van der Waals surface area contributed by atoms with E-state index >= 15 is 0 Å². The van der Waals surface area contributed by atoms with Gasteiger partial charge in [-0.2, -0.15) is 0 Å². The standard InChI is InChI=1S/C8H9FN2O3S/c9-6-1-3-7(4-2-6)15(13,14)11-8(12)5-10/h1-4H,5,10H2,(H,11,12). The van der Waals surface area contributed by atoms with E-state index in [4.69, 9.17) is 5.73 Å². The van der Waals surface area contributed by atoms with Gasteiger partial charge in [-0.25, -0.2) is 17.5 Å². The topological polar surface area (TPSA) is 89.3 Å². The third kappa shape index (κ3) is 3.00. The molecule has 0 radical (unpaired) electrons. The number of carbonyl (C=O) groups is 1. The number of carbonyl (C=O) groups excluding carboxylic acids is 1. The zero-order valence-corrected chi connectivity index (χ0v) is 8.42. The van der Waals surface area contributed by atoms with Crippen molar-refractivity contribution in [1.29, 1.82) is 0 Å². The largest absolute Gasteiger partial charge is 0.322 e. The number of sulfonamides is 1. The maximum Gasteiger partial charge on any atom is 0.264 e. The van der Waals surface area contributed by atoms with Gasteiger partial charge in [0.1, 0.15) is 5.82 Å². The Morgan fingerprint density at radius 3 is 2.33 bits per heavy atom. The van der Waals surface area contributed by atoms with Crippen LogP contribution >= 0.6 is 0 Å². The van der Waals surface area contributed by atoms with E-state index in [1.807, 2.05) is 0 Å². The van der Waals surface area contributed by atoms with Crippen molar-refractivity contribution in [1.82, 2.24) is 4.72 Å². The quantitative estimate of drug-likeness (QED) is 0.741. The highest BCUT2D eigenvalue weighted by molar-refractivity contribution is 7.90. The van der Waals surface area contributed by atoms with Gasteiger partial charge in [-0.1, -0.05) is 0 Å². The molecule has 0 heterocycles. The van der Waals surface area contributed by atoms with Gasteiger partial charge in [0.15, 0.2) is 0 Å². The second-order valence-electron chi connectivity index (χ2n) is 2.69. The average Bonchev–Trinajstić information content (AvgIpc) is 2.17. The number of hydrogen-bond acceptors (Lipinski definition) is 4. The summed E-state index contributed by atoms with van der Waals surface area (Å²) in [7, 11) is -3.93. The van der Waals surface area contributed by atoms with Gasteiger partial charge in [-0.3, -0.25) is 4.79 Å². The van der Waals surface area contributed by atoms with E-state index in [1.165, 1.54) is 0 Å². The highest BCUT2D eigenvalue weighted by Gasteiger charge is 2.16. The lowest BCUT2D eigenvalue weighted by Gasteiger charge is -2.04. The second kappa shape index (κ2) is 4.37. The molecule has 7 heteroatoms. The summed E-state index contributed by atoms with van der Waals surface area (Å²) in [6, 6.07) is 4.09. The fraction of sp³-hybridized carbons (Fsp3) is 0.125. The summed E-state index contributed by atoms with van der Waals surface area (Å²) in [4.78, 5) is 10.6. The predicted octanol–water partition coefficient (Wildman–Crippen LogP) is -0.411. The molecule has 0 unspecified atom stereocenters. The fourth-order valence-corrected chi connectivity index (χ4v) is 1.86. The molecule has 0 aliphatic heterocycles. The molecular formula is C8H9FN2O3S. The van der Waals surface area contributed by atoms with Crippen molar-refractivity contribution >= 4 is 15.9 Å². The summed E-state index contributed by atoms with van der Waals surface area (Å²) >= 11 is 0. The van der Waals surface area contributed by atoms with Crippen LogP contribution in [0, 0.1) is 5.82 Å². The van der Waals surface area contributed by atoms with E-state index in [9.17, 15) is 17.6 Å². The van der Waals surface area contributed by atoms with Crippen LogP contribution in [0.25, 0.3) is 0 Å². The number of nitrogens with two attached hydrogens (primary N) is 1. The molecule has 0 aliphatic rings. The van der Waals surface area contributed by atoms with Crippen LogP contribution < -0.4 is 10.5 Å². The first-order chi connectivity index (χ1) is 6.95. The van der Waals surface area contributed by atoms with Crippen molar-refractivity contribution in [3.63, 3.8) is 0 Å². The molecule has 1 rings (SSSR count).